The van der Waals surface area contributed by atoms with Gasteiger partial charge in [0.25, 0.3) is 5.56 Å². The highest BCUT2D eigenvalue weighted by Crippen LogP contribution is 2.35. The Morgan fingerprint density at radius 3 is 2.62 bits per heavy atom. The number of para-hydroxylation sites is 2. The summed E-state index contributed by atoms with van der Waals surface area (Å²) >= 11 is 1.18. The molecule has 1 fully saturated rings. The zero-order valence-corrected chi connectivity index (χ0v) is 22.6. The number of amides is 1. The van der Waals surface area contributed by atoms with Gasteiger partial charge in [0.15, 0.2) is 11.5 Å². The van der Waals surface area contributed by atoms with Crippen molar-refractivity contribution >= 4 is 37.5 Å². The van der Waals surface area contributed by atoms with Crippen molar-refractivity contribution in [2.75, 3.05) is 26.2 Å². The van der Waals surface area contributed by atoms with Crippen LogP contribution in [0, 0.1) is 18.8 Å². The number of nitrogens with zero attached hydrogens (tertiary/aromatic N) is 3. The topological polar surface area (TPSA) is 120 Å². The average molecular weight is 547 g/mol. The largest absolute Gasteiger partial charge is 0.486 e. The van der Waals surface area contributed by atoms with E-state index in [1.807, 2.05) is 32.0 Å². The molecule has 1 aromatic carbocycles. The minimum Gasteiger partial charge on any atom is -0.486 e. The molecule has 3 atom stereocenters. The van der Waals surface area contributed by atoms with Gasteiger partial charge in [-0.1, -0.05) is 26.0 Å². The Labute approximate surface area is 219 Å². The maximum atomic E-state index is 13.7. The number of rotatable bonds is 6. The number of ether oxygens (including phenoxy) is 2. The summed E-state index contributed by atoms with van der Waals surface area (Å²) in [5, 5.41) is 2.81. The molecule has 5 rings (SSSR count). The van der Waals surface area contributed by atoms with Crippen molar-refractivity contribution in [3.8, 4) is 11.5 Å². The van der Waals surface area contributed by atoms with Crippen LogP contribution in [0.2, 0.25) is 0 Å². The molecular formula is C25H30N4O6S2. The normalized spacial score (nSPS) is 22.2. The van der Waals surface area contributed by atoms with Crippen LogP contribution in [0.3, 0.4) is 0 Å². The number of sulfonamides is 1. The third-order valence-corrected chi connectivity index (χ3v) is 9.79. The van der Waals surface area contributed by atoms with Crippen LogP contribution in [0.25, 0.3) is 10.2 Å². The number of aromatic nitrogens is 2. The molecule has 1 amide bonds. The van der Waals surface area contributed by atoms with E-state index in [-0.39, 0.29) is 47.9 Å². The van der Waals surface area contributed by atoms with Gasteiger partial charge >= 0.3 is 0 Å². The van der Waals surface area contributed by atoms with Gasteiger partial charge in [0, 0.05) is 18.0 Å². The van der Waals surface area contributed by atoms with E-state index in [1.54, 1.807) is 13.0 Å². The second kappa shape index (κ2) is 10.1. The van der Waals surface area contributed by atoms with Crippen LogP contribution in [-0.4, -0.2) is 60.5 Å². The quantitative estimate of drug-likeness (QED) is 0.504. The fraction of sp³-hybridized carbons (Fsp3) is 0.480. The second-order valence-electron chi connectivity index (χ2n) is 9.91. The van der Waals surface area contributed by atoms with Crippen LogP contribution in [0.15, 0.2) is 40.3 Å². The summed E-state index contributed by atoms with van der Waals surface area (Å²) in [6.45, 7) is 6.78. The predicted octanol–water partition coefficient (Wildman–Crippen LogP) is 2.39. The van der Waals surface area contributed by atoms with Gasteiger partial charge in [-0.15, -0.1) is 11.3 Å². The molecule has 2 aromatic heterocycles. The Hall–Kier alpha value is -2.96. The minimum atomic E-state index is -3.90. The lowest BCUT2D eigenvalue weighted by Gasteiger charge is -2.34. The summed E-state index contributed by atoms with van der Waals surface area (Å²) < 4.78 is 41.5. The van der Waals surface area contributed by atoms with Gasteiger partial charge in [0.2, 0.25) is 15.9 Å². The van der Waals surface area contributed by atoms with Gasteiger partial charge in [-0.25, -0.2) is 13.4 Å². The molecule has 1 N–H and O–H groups in total. The fourth-order valence-electron chi connectivity index (χ4n) is 5.07. The number of aryl methyl sites for hydroxylation is 1. The predicted molar refractivity (Wildman–Crippen MR) is 140 cm³/mol. The van der Waals surface area contributed by atoms with Crippen LogP contribution in [0.1, 0.15) is 25.1 Å². The van der Waals surface area contributed by atoms with Gasteiger partial charge < -0.3 is 14.8 Å². The van der Waals surface area contributed by atoms with E-state index in [9.17, 15) is 18.0 Å². The Morgan fingerprint density at radius 2 is 1.89 bits per heavy atom. The van der Waals surface area contributed by atoms with Crippen molar-refractivity contribution in [3.63, 3.8) is 0 Å². The monoisotopic (exact) mass is 546 g/mol. The third-order valence-electron chi connectivity index (χ3n) is 6.64. The lowest BCUT2D eigenvalue weighted by atomic mass is 9.94. The molecule has 0 aliphatic carbocycles. The highest BCUT2D eigenvalue weighted by atomic mass is 32.2. The third kappa shape index (κ3) is 5.10. The summed E-state index contributed by atoms with van der Waals surface area (Å²) in [5.41, 5.74) is -0.549. The molecule has 0 unspecified atom stereocenters. The smallest absolute Gasteiger partial charge is 0.263 e. The zero-order valence-electron chi connectivity index (χ0n) is 21.0. The van der Waals surface area contributed by atoms with E-state index >= 15 is 0 Å². The molecule has 2 aliphatic heterocycles. The van der Waals surface area contributed by atoms with Crippen molar-refractivity contribution in [2.45, 2.75) is 44.7 Å². The first-order valence-corrected chi connectivity index (χ1v) is 14.5. The van der Waals surface area contributed by atoms with E-state index < -0.39 is 21.5 Å². The van der Waals surface area contributed by atoms with Crippen molar-refractivity contribution in [1.82, 2.24) is 19.2 Å². The van der Waals surface area contributed by atoms with Crippen LogP contribution in [0.4, 0.5) is 0 Å². The number of benzene rings is 1. The van der Waals surface area contributed by atoms with Crippen LogP contribution in [-0.2, 0) is 21.4 Å². The van der Waals surface area contributed by atoms with Gasteiger partial charge in [-0.2, -0.15) is 4.31 Å². The van der Waals surface area contributed by atoms with E-state index in [1.165, 1.54) is 22.0 Å². The van der Waals surface area contributed by atoms with Crippen molar-refractivity contribution in [2.24, 2.45) is 11.8 Å². The number of piperidine rings is 1. The molecule has 37 heavy (non-hydrogen) atoms. The summed E-state index contributed by atoms with van der Waals surface area (Å²) in [7, 11) is -3.90. The van der Waals surface area contributed by atoms with Gasteiger partial charge in [-0.3, -0.25) is 14.2 Å². The zero-order chi connectivity index (χ0) is 26.3. The molecule has 0 radical (unpaired) electrons. The molecule has 4 heterocycles. The summed E-state index contributed by atoms with van der Waals surface area (Å²) in [4.78, 5) is 31.3. The van der Waals surface area contributed by atoms with Crippen LogP contribution >= 0.6 is 11.3 Å². The lowest BCUT2D eigenvalue weighted by Crippen LogP contribution is -2.43. The number of thiophene rings is 1. The first-order chi connectivity index (χ1) is 17.6. The van der Waals surface area contributed by atoms with Crippen LogP contribution in [0.5, 0.6) is 11.5 Å². The van der Waals surface area contributed by atoms with E-state index in [0.717, 1.165) is 11.0 Å². The fourth-order valence-corrected chi connectivity index (χ4v) is 8.42. The van der Waals surface area contributed by atoms with Gasteiger partial charge in [-0.05, 0) is 37.3 Å². The number of carbonyl (C=O) groups excluding carboxylic acids is 1. The lowest BCUT2D eigenvalue weighted by molar-refractivity contribution is -0.122. The molecule has 12 heteroatoms. The number of hydrogen-bond donors (Lipinski definition) is 1. The van der Waals surface area contributed by atoms with Gasteiger partial charge in [0.05, 0.1) is 18.3 Å². The Bertz CT molecular complexity index is 1490. The van der Waals surface area contributed by atoms with Crippen molar-refractivity contribution in [1.29, 1.82) is 0 Å². The average Bonchev–Trinajstić information content (AvgIpc) is 3.21. The first-order valence-electron chi connectivity index (χ1n) is 12.3. The Morgan fingerprint density at radius 1 is 1.19 bits per heavy atom. The maximum Gasteiger partial charge on any atom is 0.263 e. The first kappa shape index (κ1) is 25.7. The number of fused-ring (bicyclic) bond motifs is 2. The SMILES string of the molecule is Cc1sc2ncn(CC(=O)NC[C@H]3COc4ccccc4O3)c(=O)c2c1S(=O)(=O)N1C[C@H](C)C[C@H](C)C1. The summed E-state index contributed by atoms with van der Waals surface area (Å²) in [6.07, 6.45) is 1.88. The highest BCUT2D eigenvalue weighted by molar-refractivity contribution is 7.89. The molecule has 3 aromatic rings. The molecule has 198 valence electrons. The molecule has 2 aliphatic rings. The number of hydrogen-bond acceptors (Lipinski definition) is 8. The molecule has 0 saturated carbocycles. The standard InChI is InChI=1S/C25H30N4O6S2/c1-15-8-16(2)11-29(10-15)37(32,33)23-17(3)36-24-22(23)25(31)28(14-27-24)12-21(30)26-9-18-13-34-19-6-4-5-7-20(19)35-18/h4-7,14-16,18H,8-13H2,1-3H3,(H,26,30)/t15-,16+,18-/m0/s1. The van der Waals surface area contributed by atoms with Crippen molar-refractivity contribution < 1.29 is 22.7 Å². The Kier molecular flexibility index (Phi) is 6.99. The second-order valence-corrected chi connectivity index (χ2v) is 13.0. The van der Waals surface area contributed by atoms with E-state index in [0.29, 0.717) is 34.3 Å². The van der Waals surface area contributed by atoms with Crippen molar-refractivity contribution in [3.05, 3.63) is 45.8 Å². The molecular weight excluding hydrogens is 516 g/mol. The number of nitrogens with one attached hydrogen (secondary N) is 1. The van der Waals surface area contributed by atoms with E-state index in [4.69, 9.17) is 9.47 Å². The van der Waals surface area contributed by atoms with Gasteiger partial charge in [0.1, 0.15) is 29.0 Å². The summed E-state index contributed by atoms with van der Waals surface area (Å²) in [5.74, 6) is 1.31. The maximum absolute atomic E-state index is 13.7. The molecule has 0 bridgehead atoms. The van der Waals surface area contributed by atoms with E-state index in [2.05, 4.69) is 10.3 Å². The molecule has 10 nitrogen and oxygen atoms in total. The van der Waals surface area contributed by atoms with Crippen LogP contribution < -0.4 is 20.3 Å². The summed E-state index contributed by atoms with van der Waals surface area (Å²) in [6, 6.07) is 7.30. The molecule has 1 saturated heterocycles. The highest BCUT2D eigenvalue weighted by Gasteiger charge is 2.36. The Balaban J connectivity index is 1.34. The number of carbonyl (C=O) groups is 1. The minimum absolute atomic E-state index is 0.00692. The molecule has 0 spiro atoms.